The van der Waals surface area contributed by atoms with Crippen LogP contribution in [0.25, 0.3) is 11.4 Å². The Bertz CT molecular complexity index is 1160. The van der Waals surface area contributed by atoms with Crippen LogP contribution in [0.1, 0.15) is 10.4 Å². The Morgan fingerprint density at radius 2 is 2.07 bits per heavy atom. The number of nitrogens with zero attached hydrogens (tertiary/aromatic N) is 6. The molecule has 0 spiro atoms. The van der Waals surface area contributed by atoms with Gasteiger partial charge < -0.3 is 10.1 Å². The number of tetrazole rings is 1. The molecule has 1 amide bonds. The molecule has 2 heterocycles. The van der Waals surface area contributed by atoms with Crippen LogP contribution in [-0.2, 0) is 0 Å². The van der Waals surface area contributed by atoms with Gasteiger partial charge in [-0.1, -0.05) is 11.6 Å². The average Bonchev–Trinajstić information content (AvgIpc) is 3.42. The van der Waals surface area contributed by atoms with Gasteiger partial charge in [-0.25, -0.2) is 9.07 Å². The number of benzene rings is 2. The molecule has 0 aliphatic heterocycles. The van der Waals surface area contributed by atoms with Crippen molar-refractivity contribution in [3.8, 4) is 17.1 Å². The molecule has 4 aromatic rings. The number of methoxy groups -OCH3 is 1. The Morgan fingerprint density at radius 1 is 1.21 bits per heavy atom. The van der Waals surface area contributed by atoms with E-state index >= 15 is 0 Å². The van der Waals surface area contributed by atoms with Crippen LogP contribution in [0.4, 0.5) is 10.1 Å². The predicted molar refractivity (Wildman–Crippen MR) is 102 cm³/mol. The van der Waals surface area contributed by atoms with E-state index in [1.807, 2.05) is 0 Å². The van der Waals surface area contributed by atoms with Crippen LogP contribution in [0, 0.1) is 5.82 Å². The summed E-state index contributed by atoms with van der Waals surface area (Å²) >= 11 is 6.28. The Kier molecular flexibility index (Phi) is 4.92. The second kappa shape index (κ2) is 7.68. The summed E-state index contributed by atoms with van der Waals surface area (Å²) in [7, 11) is 1.42. The van der Waals surface area contributed by atoms with Crippen LogP contribution >= 0.6 is 11.6 Å². The normalized spacial score (nSPS) is 10.7. The third-order valence-electron chi connectivity index (χ3n) is 4.07. The minimum Gasteiger partial charge on any atom is -0.496 e. The molecule has 9 nitrogen and oxygen atoms in total. The molecule has 0 atom stereocenters. The van der Waals surface area contributed by atoms with E-state index in [0.29, 0.717) is 5.69 Å². The lowest BCUT2D eigenvalue weighted by Gasteiger charge is -2.13. The fourth-order valence-corrected chi connectivity index (χ4v) is 2.97. The Morgan fingerprint density at radius 3 is 2.72 bits per heavy atom. The van der Waals surface area contributed by atoms with Crippen LogP contribution in [0.3, 0.4) is 0 Å². The van der Waals surface area contributed by atoms with Crippen molar-refractivity contribution in [1.29, 1.82) is 0 Å². The van der Waals surface area contributed by atoms with Gasteiger partial charge in [0.15, 0.2) is 5.82 Å². The lowest BCUT2D eigenvalue weighted by atomic mass is 10.1. The quantitative estimate of drug-likeness (QED) is 0.540. The summed E-state index contributed by atoms with van der Waals surface area (Å²) in [6.07, 6.45) is 4.53. The third kappa shape index (κ3) is 3.65. The molecule has 2 aromatic heterocycles. The Labute approximate surface area is 168 Å². The number of carbonyl (C=O) groups excluding carboxylic acids is 1. The van der Waals surface area contributed by atoms with Gasteiger partial charge in [0.25, 0.3) is 5.91 Å². The molecule has 0 aliphatic carbocycles. The highest BCUT2D eigenvalue weighted by molar-refractivity contribution is 6.33. The zero-order valence-electron chi connectivity index (χ0n) is 15.0. The largest absolute Gasteiger partial charge is 0.496 e. The first-order chi connectivity index (χ1) is 14.1. The molecule has 0 bridgehead atoms. The third-order valence-corrected chi connectivity index (χ3v) is 4.37. The summed E-state index contributed by atoms with van der Waals surface area (Å²) in [5.74, 6) is -0.796. The summed E-state index contributed by atoms with van der Waals surface area (Å²) in [5.41, 5.74) is 1.15. The van der Waals surface area contributed by atoms with Crippen LogP contribution < -0.4 is 10.1 Å². The number of hydrogen-bond acceptors (Lipinski definition) is 6. The summed E-state index contributed by atoms with van der Waals surface area (Å²) < 4.78 is 22.4. The second-order valence-electron chi connectivity index (χ2n) is 5.83. The molecule has 0 radical (unpaired) electrons. The first kappa shape index (κ1) is 18.6. The van der Waals surface area contributed by atoms with Crippen molar-refractivity contribution in [2.75, 3.05) is 12.4 Å². The molecule has 0 saturated carbocycles. The topological polar surface area (TPSA) is 99.8 Å². The summed E-state index contributed by atoms with van der Waals surface area (Å²) in [6.45, 7) is 0. The van der Waals surface area contributed by atoms with E-state index in [9.17, 15) is 9.18 Å². The number of hydrogen-bond donors (Lipinski definition) is 1. The van der Waals surface area contributed by atoms with Gasteiger partial charge in [0.2, 0.25) is 0 Å². The zero-order valence-corrected chi connectivity index (χ0v) is 15.7. The Hall–Kier alpha value is -3.79. The van der Waals surface area contributed by atoms with E-state index in [-0.39, 0.29) is 27.7 Å². The van der Waals surface area contributed by atoms with Gasteiger partial charge in [-0.3, -0.25) is 4.79 Å². The van der Waals surface area contributed by atoms with Gasteiger partial charge in [-0.05, 0) is 40.8 Å². The van der Waals surface area contributed by atoms with E-state index < -0.39 is 11.7 Å². The molecule has 0 unspecified atom stereocenters. The first-order valence-corrected chi connectivity index (χ1v) is 8.66. The monoisotopic (exact) mass is 413 g/mol. The highest BCUT2D eigenvalue weighted by Crippen LogP contribution is 2.30. The van der Waals surface area contributed by atoms with Gasteiger partial charge in [-0.15, -0.1) is 5.10 Å². The molecular formula is C18H13ClFN7O2. The smallest absolute Gasteiger partial charge is 0.259 e. The van der Waals surface area contributed by atoms with Crippen LogP contribution in [0.2, 0.25) is 5.02 Å². The van der Waals surface area contributed by atoms with Crippen LogP contribution in [0.15, 0.2) is 55.1 Å². The molecule has 0 aliphatic rings. The maximum absolute atomic E-state index is 14.4. The highest BCUT2D eigenvalue weighted by atomic mass is 35.5. The van der Waals surface area contributed by atoms with Crippen molar-refractivity contribution < 1.29 is 13.9 Å². The fourth-order valence-electron chi connectivity index (χ4n) is 2.72. The molecule has 11 heteroatoms. The molecule has 0 saturated heterocycles. The molecule has 29 heavy (non-hydrogen) atoms. The van der Waals surface area contributed by atoms with E-state index in [0.717, 1.165) is 0 Å². The van der Waals surface area contributed by atoms with E-state index in [1.54, 1.807) is 24.5 Å². The summed E-state index contributed by atoms with van der Waals surface area (Å²) in [5, 5.41) is 17.7. The van der Waals surface area contributed by atoms with Gasteiger partial charge in [0.05, 0.1) is 23.4 Å². The van der Waals surface area contributed by atoms with Crippen molar-refractivity contribution in [2.45, 2.75) is 0 Å². The van der Waals surface area contributed by atoms with Crippen molar-refractivity contribution in [1.82, 2.24) is 30.0 Å². The SMILES string of the molecule is COc1cc(-n2cnnn2)c(Cl)cc1C(=O)Nc1ccc(-n2cccn2)c(F)c1. The minimum absolute atomic E-state index is 0.172. The lowest BCUT2D eigenvalue weighted by molar-refractivity contribution is 0.102. The zero-order chi connectivity index (χ0) is 20.4. The minimum atomic E-state index is -0.537. The predicted octanol–water partition coefficient (Wildman–Crippen LogP) is 2.90. The van der Waals surface area contributed by atoms with Crippen molar-refractivity contribution in [3.05, 3.63) is 71.5 Å². The van der Waals surface area contributed by atoms with E-state index in [2.05, 4.69) is 25.9 Å². The summed E-state index contributed by atoms with van der Waals surface area (Å²) in [6, 6.07) is 8.95. The van der Waals surface area contributed by atoms with Gasteiger partial charge in [-0.2, -0.15) is 9.78 Å². The number of aromatic nitrogens is 6. The summed E-state index contributed by atoms with van der Waals surface area (Å²) in [4.78, 5) is 12.7. The fraction of sp³-hybridized carbons (Fsp3) is 0.0556. The lowest BCUT2D eigenvalue weighted by Crippen LogP contribution is -2.14. The van der Waals surface area contributed by atoms with Gasteiger partial charge in [0, 0.05) is 24.1 Å². The molecule has 1 N–H and O–H groups in total. The number of halogens is 2. The van der Waals surface area contributed by atoms with E-state index in [4.69, 9.17) is 16.3 Å². The Balaban J connectivity index is 1.62. The molecule has 2 aromatic carbocycles. The van der Waals surface area contributed by atoms with Crippen molar-refractivity contribution in [2.24, 2.45) is 0 Å². The molecule has 4 rings (SSSR count). The van der Waals surface area contributed by atoms with E-state index in [1.165, 1.54) is 47.1 Å². The van der Waals surface area contributed by atoms with Crippen molar-refractivity contribution >= 4 is 23.2 Å². The highest BCUT2D eigenvalue weighted by Gasteiger charge is 2.18. The number of amides is 1. The van der Waals surface area contributed by atoms with Gasteiger partial charge in [0.1, 0.15) is 17.8 Å². The number of carbonyl (C=O) groups is 1. The number of nitrogens with one attached hydrogen (secondary N) is 1. The molecular weight excluding hydrogens is 401 g/mol. The first-order valence-electron chi connectivity index (χ1n) is 8.28. The molecule has 146 valence electrons. The maximum atomic E-state index is 14.4. The van der Waals surface area contributed by atoms with Crippen LogP contribution in [-0.4, -0.2) is 43.0 Å². The van der Waals surface area contributed by atoms with Crippen LogP contribution in [0.5, 0.6) is 5.75 Å². The number of ether oxygens (including phenoxy) is 1. The maximum Gasteiger partial charge on any atom is 0.259 e. The van der Waals surface area contributed by atoms with Crippen molar-refractivity contribution in [3.63, 3.8) is 0 Å². The number of rotatable bonds is 5. The standard InChI is InChI=1S/C18H13ClFN7O2/c1-29-17-9-16(27-10-21-24-25-27)13(19)8-12(17)18(28)23-11-3-4-15(14(20)7-11)26-6-2-5-22-26/h2-10H,1H3,(H,23,28). The molecule has 0 fully saturated rings. The second-order valence-corrected chi connectivity index (χ2v) is 6.24. The van der Waals surface area contributed by atoms with Gasteiger partial charge >= 0.3 is 0 Å². The number of anilines is 1. The average molecular weight is 414 g/mol.